The molecule has 0 unspecified atom stereocenters. The van der Waals surface area contributed by atoms with Gasteiger partial charge in [-0.25, -0.2) is 8.42 Å². The van der Waals surface area contributed by atoms with Crippen molar-refractivity contribution in [3.8, 4) is 5.75 Å². The number of unbranched alkanes of at least 4 members (excludes halogenated alkanes) is 1. The molecule has 0 saturated heterocycles. The Balaban J connectivity index is 2.14. The van der Waals surface area contributed by atoms with Gasteiger partial charge in [-0.1, -0.05) is 38.7 Å². The Hall–Kier alpha value is -1.33. The molecule has 0 heterocycles. The first kappa shape index (κ1) is 19.0. The summed E-state index contributed by atoms with van der Waals surface area (Å²) >= 11 is 0. The van der Waals surface area contributed by atoms with Gasteiger partial charge >= 0.3 is 0 Å². The van der Waals surface area contributed by atoms with E-state index in [4.69, 9.17) is 4.74 Å². The van der Waals surface area contributed by atoms with Crippen LogP contribution in [0, 0.1) is 0 Å². The van der Waals surface area contributed by atoms with Crippen molar-refractivity contribution < 1.29 is 13.2 Å². The topological polar surface area (TPSA) is 46.6 Å². The molecule has 0 amide bonds. The summed E-state index contributed by atoms with van der Waals surface area (Å²) in [6, 6.07) is 6.87. The standard InChI is InChI=1S/C19H29NO3S/c1-3-5-16-23-18-11-13-19(14-12-18)24(21,22)20(15-4-2)17-9-7-6-8-10-17/h4,11-14,17H,2-3,5-10,15-16H2,1H3. The lowest BCUT2D eigenvalue weighted by molar-refractivity contribution is 0.269. The van der Waals surface area contributed by atoms with Crippen molar-refractivity contribution in [2.75, 3.05) is 13.2 Å². The minimum atomic E-state index is -3.50. The molecule has 0 N–H and O–H groups in total. The first-order valence-corrected chi connectivity index (χ1v) is 10.4. The summed E-state index contributed by atoms with van der Waals surface area (Å²) in [5, 5.41) is 0. The van der Waals surface area contributed by atoms with Gasteiger partial charge in [0.2, 0.25) is 10.0 Å². The Morgan fingerprint density at radius 3 is 2.46 bits per heavy atom. The van der Waals surface area contributed by atoms with E-state index < -0.39 is 10.0 Å². The van der Waals surface area contributed by atoms with E-state index >= 15 is 0 Å². The van der Waals surface area contributed by atoms with Gasteiger partial charge in [-0.15, -0.1) is 6.58 Å². The van der Waals surface area contributed by atoms with E-state index in [2.05, 4.69) is 13.5 Å². The quantitative estimate of drug-likeness (QED) is 0.490. The fourth-order valence-electron chi connectivity index (χ4n) is 3.12. The molecule has 1 aromatic rings. The molecular weight excluding hydrogens is 322 g/mol. The van der Waals surface area contributed by atoms with Crippen LogP contribution < -0.4 is 4.74 Å². The van der Waals surface area contributed by atoms with Gasteiger partial charge in [-0.3, -0.25) is 0 Å². The van der Waals surface area contributed by atoms with Crippen molar-refractivity contribution in [3.05, 3.63) is 36.9 Å². The summed E-state index contributed by atoms with van der Waals surface area (Å²) in [6.07, 6.45) is 9.00. The van der Waals surface area contributed by atoms with E-state index in [1.807, 2.05) is 0 Å². The molecule has 0 aliphatic heterocycles. The van der Waals surface area contributed by atoms with Gasteiger partial charge in [0.1, 0.15) is 5.75 Å². The zero-order valence-electron chi connectivity index (χ0n) is 14.6. The molecular formula is C19H29NO3S. The smallest absolute Gasteiger partial charge is 0.243 e. The summed E-state index contributed by atoms with van der Waals surface area (Å²) in [6.45, 7) is 6.86. The molecule has 0 bridgehead atoms. The van der Waals surface area contributed by atoms with Crippen LogP contribution in [-0.4, -0.2) is 31.9 Å². The number of benzene rings is 1. The maximum absolute atomic E-state index is 13.0. The SMILES string of the molecule is C=CCN(C1CCCCC1)S(=O)(=O)c1ccc(OCCCC)cc1. The highest BCUT2D eigenvalue weighted by atomic mass is 32.2. The first-order valence-electron chi connectivity index (χ1n) is 8.95. The van der Waals surface area contributed by atoms with Gasteiger partial charge in [0.15, 0.2) is 0 Å². The monoisotopic (exact) mass is 351 g/mol. The largest absolute Gasteiger partial charge is 0.494 e. The fourth-order valence-corrected chi connectivity index (χ4v) is 4.77. The van der Waals surface area contributed by atoms with E-state index in [0.29, 0.717) is 18.0 Å². The van der Waals surface area contributed by atoms with Crippen LogP contribution in [0.1, 0.15) is 51.9 Å². The van der Waals surface area contributed by atoms with Crippen LogP contribution in [0.25, 0.3) is 0 Å². The van der Waals surface area contributed by atoms with Gasteiger partial charge in [0, 0.05) is 12.6 Å². The number of hydrogen-bond acceptors (Lipinski definition) is 3. The van der Waals surface area contributed by atoms with Gasteiger partial charge in [-0.05, 0) is 43.5 Å². The van der Waals surface area contributed by atoms with E-state index in [9.17, 15) is 8.42 Å². The summed E-state index contributed by atoms with van der Waals surface area (Å²) in [5.74, 6) is 0.718. The van der Waals surface area contributed by atoms with Crippen molar-refractivity contribution in [2.45, 2.75) is 62.8 Å². The van der Waals surface area contributed by atoms with Crippen LogP contribution in [0.3, 0.4) is 0 Å². The number of rotatable bonds is 9. The third-order valence-electron chi connectivity index (χ3n) is 4.49. The molecule has 1 aromatic carbocycles. The summed E-state index contributed by atoms with van der Waals surface area (Å²) < 4.78 is 33.3. The fraction of sp³-hybridized carbons (Fsp3) is 0.579. The molecule has 5 heteroatoms. The molecule has 1 fully saturated rings. The predicted octanol–water partition coefficient (Wildman–Crippen LogP) is 4.37. The highest BCUT2D eigenvalue weighted by Gasteiger charge is 2.31. The molecule has 134 valence electrons. The Bertz CT molecular complexity index is 604. The molecule has 0 atom stereocenters. The number of nitrogens with zero attached hydrogens (tertiary/aromatic N) is 1. The molecule has 24 heavy (non-hydrogen) atoms. The number of hydrogen-bond donors (Lipinski definition) is 0. The van der Waals surface area contributed by atoms with Crippen LogP contribution in [0.2, 0.25) is 0 Å². The molecule has 0 radical (unpaired) electrons. The molecule has 4 nitrogen and oxygen atoms in total. The second kappa shape index (κ2) is 9.23. The minimum absolute atomic E-state index is 0.0854. The lowest BCUT2D eigenvalue weighted by atomic mass is 9.95. The molecule has 1 aliphatic rings. The molecule has 2 rings (SSSR count). The van der Waals surface area contributed by atoms with Crippen molar-refractivity contribution in [2.24, 2.45) is 0 Å². The highest BCUT2D eigenvalue weighted by molar-refractivity contribution is 7.89. The van der Waals surface area contributed by atoms with Gasteiger partial charge in [0.25, 0.3) is 0 Å². The molecule has 1 aliphatic carbocycles. The molecule has 1 saturated carbocycles. The molecule has 0 aromatic heterocycles. The minimum Gasteiger partial charge on any atom is -0.494 e. The zero-order valence-corrected chi connectivity index (χ0v) is 15.4. The van der Waals surface area contributed by atoms with E-state index in [-0.39, 0.29) is 6.04 Å². The summed E-state index contributed by atoms with van der Waals surface area (Å²) in [4.78, 5) is 0.331. The van der Waals surface area contributed by atoms with Crippen LogP contribution in [0.4, 0.5) is 0 Å². The van der Waals surface area contributed by atoms with Crippen molar-refractivity contribution in [1.29, 1.82) is 0 Å². The Morgan fingerprint density at radius 2 is 1.88 bits per heavy atom. The van der Waals surface area contributed by atoms with Gasteiger partial charge in [-0.2, -0.15) is 4.31 Å². The average molecular weight is 352 g/mol. The normalized spacial score (nSPS) is 16.2. The Kier molecular flexibility index (Phi) is 7.31. The highest BCUT2D eigenvalue weighted by Crippen LogP contribution is 2.28. The van der Waals surface area contributed by atoms with Crippen LogP contribution in [0.15, 0.2) is 41.8 Å². The lowest BCUT2D eigenvalue weighted by Crippen LogP contribution is -2.41. The average Bonchev–Trinajstić information content (AvgIpc) is 2.61. The Labute approximate surface area is 146 Å². The van der Waals surface area contributed by atoms with Crippen molar-refractivity contribution in [1.82, 2.24) is 4.31 Å². The number of ether oxygens (including phenoxy) is 1. The van der Waals surface area contributed by atoms with Crippen LogP contribution in [-0.2, 0) is 10.0 Å². The molecule has 0 spiro atoms. The second-order valence-electron chi connectivity index (χ2n) is 6.33. The van der Waals surface area contributed by atoms with E-state index in [1.54, 1.807) is 34.6 Å². The van der Waals surface area contributed by atoms with Crippen LogP contribution >= 0.6 is 0 Å². The third-order valence-corrected chi connectivity index (χ3v) is 6.42. The van der Waals surface area contributed by atoms with Gasteiger partial charge < -0.3 is 4.74 Å². The first-order chi connectivity index (χ1) is 11.6. The van der Waals surface area contributed by atoms with Crippen LogP contribution in [0.5, 0.6) is 5.75 Å². The summed E-state index contributed by atoms with van der Waals surface area (Å²) in [5.41, 5.74) is 0. The predicted molar refractivity (Wildman–Crippen MR) is 97.8 cm³/mol. The maximum atomic E-state index is 13.0. The van der Waals surface area contributed by atoms with Crippen molar-refractivity contribution >= 4 is 10.0 Å². The third kappa shape index (κ3) is 4.84. The second-order valence-corrected chi connectivity index (χ2v) is 8.22. The number of sulfonamides is 1. The zero-order chi connectivity index (χ0) is 17.4. The maximum Gasteiger partial charge on any atom is 0.243 e. The van der Waals surface area contributed by atoms with E-state index in [0.717, 1.165) is 44.3 Å². The van der Waals surface area contributed by atoms with Crippen molar-refractivity contribution in [3.63, 3.8) is 0 Å². The summed E-state index contributed by atoms with van der Waals surface area (Å²) in [7, 11) is -3.50. The van der Waals surface area contributed by atoms with E-state index in [1.165, 1.54) is 6.42 Å². The lowest BCUT2D eigenvalue weighted by Gasteiger charge is -2.32. The Morgan fingerprint density at radius 1 is 1.21 bits per heavy atom. The van der Waals surface area contributed by atoms with Gasteiger partial charge in [0.05, 0.1) is 11.5 Å².